The minimum absolute atomic E-state index is 0.00582. The quantitative estimate of drug-likeness (QED) is 0.674. The van der Waals surface area contributed by atoms with Crippen LogP contribution in [-0.2, 0) is 17.6 Å². The van der Waals surface area contributed by atoms with E-state index in [-0.39, 0.29) is 17.9 Å². The molecule has 1 aliphatic carbocycles. The summed E-state index contributed by atoms with van der Waals surface area (Å²) < 4.78 is 5.39. The highest BCUT2D eigenvalue weighted by Crippen LogP contribution is 2.41. The van der Waals surface area contributed by atoms with Crippen molar-refractivity contribution in [2.75, 3.05) is 13.7 Å². The fraction of sp³-hybridized carbons (Fsp3) is 0.538. The Kier molecular flexibility index (Phi) is 6.61. The molecular formula is C26H34N2O3S. The summed E-state index contributed by atoms with van der Waals surface area (Å²) in [6.07, 6.45) is 3.42. The molecule has 1 aromatic heterocycles. The van der Waals surface area contributed by atoms with E-state index >= 15 is 0 Å². The molecule has 2 aliphatic rings. The van der Waals surface area contributed by atoms with E-state index in [1.54, 1.807) is 18.4 Å². The number of nitrogens with zero attached hydrogens (tertiary/aromatic N) is 1. The van der Waals surface area contributed by atoms with E-state index in [0.29, 0.717) is 24.8 Å². The lowest BCUT2D eigenvalue weighted by molar-refractivity contribution is -0.130. The molecule has 2 heterocycles. The van der Waals surface area contributed by atoms with Crippen LogP contribution in [0.25, 0.3) is 10.4 Å². The number of piperazine rings is 1. The van der Waals surface area contributed by atoms with Crippen LogP contribution in [0.5, 0.6) is 5.75 Å². The normalized spacial score (nSPS) is 20.2. The second kappa shape index (κ2) is 9.26. The molecule has 2 amide bonds. The van der Waals surface area contributed by atoms with Crippen LogP contribution in [0.2, 0.25) is 0 Å². The number of fused-ring (bicyclic) bond motifs is 3. The first-order valence-corrected chi connectivity index (χ1v) is 12.5. The maximum atomic E-state index is 13.7. The third-order valence-corrected chi connectivity index (χ3v) is 7.59. The SMILES string of the molecule is COc1ccc2c(c1)CCc1cc(C(=O)N3C[C@H](CC(C)C)NC(=O)[C@@H]3CC(C)C)sc1-2. The van der Waals surface area contributed by atoms with E-state index in [4.69, 9.17) is 4.74 Å². The molecule has 0 saturated carbocycles. The molecule has 4 rings (SSSR count). The van der Waals surface area contributed by atoms with Gasteiger partial charge in [-0.3, -0.25) is 9.59 Å². The smallest absolute Gasteiger partial charge is 0.264 e. The molecule has 1 fully saturated rings. The maximum absolute atomic E-state index is 13.7. The Bertz CT molecular complexity index is 1010. The summed E-state index contributed by atoms with van der Waals surface area (Å²) in [4.78, 5) is 30.5. The highest BCUT2D eigenvalue weighted by molar-refractivity contribution is 7.17. The number of carbonyl (C=O) groups excluding carboxylic acids is 2. The molecule has 1 aromatic carbocycles. The molecule has 32 heavy (non-hydrogen) atoms. The van der Waals surface area contributed by atoms with Gasteiger partial charge in [-0.1, -0.05) is 27.7 Å². The van der Waals surface area contributed by atoms with Crippen molar-refractivity contribution < 1.29 is 14.3 Å². The van der Waals surface area contributed by atoms with E-state index in [2.05, 4.69) is 51.2 Å². The first kappa shape index (κ1) is 22.8. The van der Waals surface area contributed by atoms with Crippen molar-refractivity contribution in [3.63, 3.8) is 0 Å². The standard InChI is InChI=1S/C26H34N2O3S/c1-15(2)10-19-14-28(22(11-16(3)4)25(29)27-19)26(30)23-13-18-7-6-17-12-20(31-5)8-9-21(17)24(18)32-23/h8-9,12-13,15-16,19,22H,6-7,10-11,14H2,1-5H3,(H,27,29)/t19-,22-/m0/s1. The molecule has 2 atom stereocenters. The second-order valence-electron chi connectivity index (χ2n) is 9.93. The maximum Gasteiger partial charge on any atom is 0.264 e. The van der Waals surface area contributed by atoms with Gasteiger partial charge in [-0.25, -0.2) is 0 Å². The van der Waals surface area contributed by atoms with Crippen LogP contribution < -0.4 is 10.1 Å². The predicted octanol–water partition coefficient (Wildman–Crippen LogP) is 4.92. The van der Waals surface area contributed by atoms with Gasteiger partial charge < -0.3 is 15.0 Å². The first-order valence-electron chi connectivity index (χ1n) is 11.7. The van der Waals surface area contributed by atoms with E-state index in [1.807, 2.05) is 11.0 Å². The molecule has 2 aromatic rings. The van der Waals surface area contributed by atoms with Crippen molar-refractivity contribution in [1.29, 1.82) is 0 Å². The molecular weight excluding hydrogens is 420 g/mol. The summed E-state index contributed by atoms with van der Waals surface area (Å²) in [5.41, 5.74) is 3.70. The van der Waals surface area contributed by atoms with Crippen molar-refractivity contribution in [3.05, 3.63) is 40.3 Å². The molecule has 0 bridgehead atoms. The monoisotopic (exact) mass is 454 g/mol. The van der Waals surface area contributed by atoms with E-state index in [9.17, 15) is 9.59 Å². The molecule has 1 saturated heterocycles. The van der Waals surface area contributed by atoms with Gasteiger partial charge in [-0.2, -0.15) is 0 Å². The van der Waals surface area contributed by atoms with Crippen LogP contribution in [0.1, 0.15) is 61.3 Å². The Labute approximate surface area is 195 Å². The number of ether oxygens (including phenoxy) is 1. The first-order chi connectivity index (χ1) is 15.3. The van der Waals surface area contributed by atoms with Gasteiger partial charge in [0.05, 0.1) is 12.0 Å². The third kappa shape index (κ3) is 4.56. The molecule has 1 aliphatic heterocycles. The van der Waals surface area contributed by atoms with Gasteiger partial charge in [0.1, 0.15) is 11.8 Å². The Morgan fingerprint density at radius 3 is 2.53 bits per heavy atom. The van der Waals surface area contributed by atoms with Crippen molar-refractivity contribution in [1.82, 2.24) is 10.2 Å². The Morgan fingerprint density at radius 2 is 1.84 bits per heavy atom. The van der Waals surface area contributed by atoms with Crippen LogP contribution in [0.3, 0.4) is 0 Å². The number of amides is 2. The summed E-state index contributed by atoms with van der Waals surface area (Å²) in [5, 5.41) is 3.17. The van der Waals surface area contributed by atoms with Crippen LogP contribution >= 0.6 is 11.3 Å². The molecule has 0 radical (unpaired) electrons. The number of methoxy groups -OCH3 is 1. The lowest BCUT2D eigenvalue weighted by Crippen LogP contribution is -2.62. The van der Waals surface area contributed by atoms with Crippen molar-refractivity contribution in [2.24, 2.45) is 11.8 Å². The van der Waals surface area contributed by atoms with Gasteiger partial charge in [-0.05, 0) is 78.5 Å². The number of benzene rings is 1. The second-order valence-corrected chi connectivity index (χ2v) is 11.0. The molecule has 0 spiro atoms. The summed E-state index contributed by atoms with van der Waals surface area (Å²) in [6, 6.07) is 7.86. The van der Waals surface area contributed by atoms with E-state index < -0.39 is 6.04 Å². The Balaban J connectivity index is 1.64. The number of hydrogen-bond acceptors (Lipinski definition) is 4. The molecule has 1 N–H and O–H groups in total. The summed E-state index contributed by atoms with van der Waals surface area (Å²) in [6.45, 7) is 9.09. The Morgan fingerprint density at radius 1 is 1.12 bits per heavy atom. The predicted molar refractivity (Wildman–Crippen MR) is 129 cm³/mol. The van der Waals surface area contributed by atoms with E-state index in [1.165, 1.54) is 21.6 Å². The fourth-order valence-electron chi connectivity index (χ4n) is 4.94. The third-order valence-electron chi connectivity index (χ3n) is 6.39. The Hall–Kier alpha value is -2.34. The van der Waals surface area contributed by atoms with E-state index in [0.717, 1.165) is 29.9 Å². The molecule has 5 nitrogen and oxygen atoms in total. The summed E-state index contributed by atoms with van der Waals surface area (Å²) >= 11 is 1.57. The zero-order chi connectivity index (χ0) is 23.0. The number of aryl methyl sites for hydroxylation is 2. The summed E-state index contributed by atoms with van der Waals surface area (Å²) in [7, 11) is 1.69. The molecule has 172 valence electrons. The zero-order valence-electron chi connectivity index (χ0n) is 19.7. The van der Waals surface area contributed by atoms with Crippen LogP contribution in [0, 0.1) is 11.8 Å². The minimum Gasteiger partial charge on any atom is -0.497 e. The highest BCUT2D eigenvalue weighted by atomic mass is 32.1. The summed E-state index contributed by atoms with van der Waals surface area (Å²) in [5.74, 6) is 1.64. The number of thiophene rings is 1. The van der Waals surface area contributed by atoms with Crippen LogP contribution in [0.4, 0.5) is 0 Å². The van der Waals surface area contributed by atoms with Gasteiger partial charge in [0.2, 0.25) is 5.91 Å². The highest BCUT2D eigenvalue weighted by Gasteiger charge is 2.39. The van der Waals surface area contributed by atoms with Gasteiger partial charge in [0.15, 0.2) is 0 Å². The average molecular weight is 455 g/mol. The number of rotatable bonds is 6. The van der Waals surface area contributed by atoms with Crippen LogP contribution in [0.15, 0.2) is 24.3 Å². The molecule has 0 unspecified atom stereocenters. The number of hydrogen-bond donors (Lipinski definition) is 1. The topological polar surface area (TPSA) is 58.6 Å². The van der Waals surface area contributed by atoms with Gasteiger partial charge >= 0.3 is 0 Å². The average Bonchev–Trinajstić information content (AvgIpc) is 3.18. The van der Waals surface area contributed by atoms with Crippen LogP contribution in [-0.4, -0.2) is 42.5 Å². The zero-order valence-corrected chi connectivity index (χ0v) is 20.6. The van der Waals surface area contributed by atoms with Gasteiger partial charge in [0, 0.05) is 17.5 Å². The fourth-order valence-corrected chi connectivity index (χ4v) is 6.17. The van der Waals surface area contributed by atoms with Gasteiger partial charge in [0.25, 0.3) is 5.91 Å². The van der Waals surface area contributed by atoms with Crippen molar-refractivity contribution in [3.8, 4) is 16.2 Å². The lowest BCUT2D eigenvalue weighted by atomic mass is 9.91. The van der Waals surface area contributed by atoms with Gasteiger partial charge in [-0.15, -0.1) is 11.3 Å². The minimum atomic E-state index is -0.401. The lowest BCUT2D eigenvalue weighted by Gasteiger charge is -2.40. The van der Waals surface area contributed by atoms with Crippen molar-refractivity contribution in [2.45, 2.75) is 65.5 Å². The molecule has 6 heteroatoms. The van der Waals surface area contributed by atoms with Crippen molar-refractivity contribution >= 4 is 23.2 Å². The number of nitrogens with one attached hydrogen (secondary N) is 1. The largest absolute Gasteiger partial charge is 0.497 e. The number of carbonyl (C=O) groups is 2.